The topological polar surface area (TPSA) is 187 Å². The molecule has 0 bridgehead atoms. The van der Waals surface area contributed by atoms with E-state index < -0.39 is 23.1 Å². The average Bonchev–Trinajstić information content (AvgIpc) is 3.76. The van der Waals surface area contributed by atoms with E-state index in [4.69, 9.17) is 20.3 Å². The molecule has 0 atom stereocenters. The average molecular weight is 804 g/mol. The molecule has 14 nitrogen and oxygen atoms in total. The lowest BCUT2D eigenvalue weighted by Gasteiger charge is -2.36. The third-order valence-corrected chi connectivity index (χ3v) is 8.97. The number of aliphatic hydroxyl groups excluding tert-OH is 1. The van der Waals surface area contributed by atoms with Crippen LogP contribution >= 0.6 is 12.4 Å². The molecule has 0 radical (unpaired) electrons. The van der Waals surface area contributed by atoms with E-state index in [1.165, 1.54) is 24.2 Å². The zero-order chi connectivity index (χ0) is 40.3. The molecule has 6 rings (SSSR count). The third kappa shape index (κ3) is 17.7. The van der Waals surface area contributed by atoms with Gasteiger partial charge in [-0.2, -0.15) is 28.5 Å². The number of aromatic nitrogens is 6. The molecule has 0 aliphatic heterocycles. The van der Waals surface area contributed by atoms with Crippen LogP contribution in [0.15, 0.2) is 36.8 Å². The predicted molar refractivity (Wildman–Crippen MR) is 204 cm³/mol. The summed E-state index contributed by atoms with van der Waals surface area (Å²) in [4.78, 5) is 22.8. The molecular formula is C37H61ClF3N9O5. The lowest BCUT2D eigenvalue weighted by Crippen LogP contribution is -2.47. The molecular weight excluding hydrogens is 743 g/mol. The van der Waals surface area contributed by atoms with E-state index >= 15 is 0 Å². The number of H-pyrrole nitrogens is 1. The van der Waals surface area contributed by atoms with Crippen LogP contribution in [0.1, 0.15) is 97.1 Å². The molecule has 0 unspecified atom stereocenters. The lowest BCUT2D eigenvalue weighted by molar-refractivity contribution is -0.141. The fourth-order valence-corrected chi connectivity index (χ4v) is 5.97. The number of ether oxygens (including phenoxy) is 2. The van der Waals surface area contributed by atoms with Crippen LogP contribution in [0.25, 0.3) is 0 Å². The zero-order valence-corrected chi connectivity index (χ0v) is 34.0. The van der Waals surface area contributed by atoms with E-state index in [-0.39, 0.29) is 43.3 Å². The maximum atomic E-state index is 11.6. The van der Waals surface area contributed by atoms with Crippen molar-refractivity contribution >= 4 is 24.6 Å². The van der Waals surface area contributed by atoms with Gasteiger partial charge in [0.15, 0.2) is 0 Å². The van der Waals surface area contributed by atoms with Gasteiger partial charge in [-0.1, -0.05) is 0 Å². The van der Waals surface area contributed by atoms with Gasteiger partial charge in [-0.3, -0.25) is 14.5 Å². The van der Waals surface area contributed by atoms with Gasteiger partial charge in [0.05, 0.1) is 0 Å². The van der Waals surface area contributed by atoms with Crippen LogP contribution < -0.4 is 16.4 Å². The van der Waals surface area contributed by atoms with Crippen molar-refractivity contribution in [3.8, 4) is 0 Å². The number of hydrogen-bond acceptors (Lipinski definition) is 9. The molecule has 3 aliphatic carbocycles. The molecule has 312 valence electrons. The van der Waals surface area contributed by atoms with Gasteiger partial charge in [0.25, 0.3) is 0 Å². The van der Waals surface area contributed by atoms with Gasteiger partial charge in [-0.25, -0.2) is 9.59 Å². The highest BCUT2D eigenvalue weighted by Crippen LogP contribution is 2.30. The summed E-state index contributed by atoms with van der Waals surface area (Å²) < 4.78 is 49.1. The fraction of sp³-hybridized carbons (Fsp3) is 0.703. The van der Waals surface area contributed by atoms with E-state index in [1.807, 2.05) is 70.8 Å². The van der Waals surface area contributed by atoms with Crippen molar-refractivity contribution in [2.45, 2.75) is 143 Å². The Hall–Kier alpha value is -3.83. The number of alkyl carbamates (subject to hydrolysis) is 2. The summed E-state index contributed by atoms with van der Waals surface area (Å²) in [6.07, 6.45) is 5.81. The Balaban J connectivity index is 0.000000260. The summed E-state index contributed by atoms with van der Waals surface area (Å²) >= 11 is 0. The highest BCUT2D eigenvalue weighted by molar-refractivity contribution is 5.85. The van der Waals surface area contributed by atoms with Crippen molar-refractivity contribution < 1.29 is 37.3 Å². The largest absolute Gasteiger partial charge is 0.444 e. The molecule has 6 N–H and O–H groups in total. The van der Waals surface area contributed by atoms with Gasteiger partial charge in [0, 0.05) is 67.8 Å². The molecule has 0 saturated heterocycles. The number of halogens is 4. The second kappa shape index (κ2) is 20.9. The van der Waals surface area contributed by atoms with Crippen LogP contribution in [-0.4, -0.2) is 83.0 Å². The number of carbonyl (C=O) groups excluding carboxylic acids is 2. The Labute approximate surface area is 328 Å². The molecule has 3 aliphatic rings. The normalized spacial score (nSPS) is 22.8. The van der Waals surface area contributed by atoms with Crippen LogP contribution in [0, 0.1) is 31.6 Å². The molecule has 3 fully saturated rings. The molecule has 18 heteroatoms. The Bertz CT molecular complexity index is 1550. The van der Waals surface area contributed by atoms with Crippen molar-refractivity contribution in [2.75, 3.05) is 6.61 Å². The smallest absolute Gasteiger partial charge is 0.432 e. The second-order valence-corrected chi connectivity index (χ2v) is 16.4. The molecule has 3 aromatic heterocycles. The Morgan fingerprint density at radius 2 is 1.20 bits per heavy atom. The number of rotatable bonds is 7. The van der Waals surface area contributed by atoms with E-state index in [0.29, 0.717) is 17.9 Å². The summed E-state index contributed by atoms with van der Waals surface area (Å²) in [5.74, 6) is 1.71. The minimum atomic E-state index is -4.30. The molecule has 3 aromatic rings. The standard InChI is InChI=1S/C14H23N3O2.C10H19NO3.C9H15N3.C4H3F3N2.ClH/c1-10-5-6-15-17(10)9-11-7-12(8-11)16-13(18)19-14(2,3)4;1-10(2,3)14-9(13)11-8-4-7(5-8)6-12;1-7-2-3-11-12(7)6-8-4-9(10)5-8;5-4(6,7)3-1-2-8-9-3;/h5-6,11-12H,7-9H2,1-4H3,(H,16,18);7-8,12H,4-6H2,1-3H3,(H,11,13);2-3,8-9H,4-6,10H2,1H3;1-2H,(H,8,9);1H. The van der Waals surface area contributed by atoms with Crippen LogP contribution in [0.4, 0.5) is 22.8 Å². The maximum Gasteiger partial charge on any atom is 0.432 e. The van der Waals surface area contributed by atoms with Crippen molar-refractivity contribution in [3.63, 3.8) is 0 Å². The van der Waals surface area contributed by atoms with Crippen molar-refractivity contribution in [1.82, 2.24) is 40.4 Å². The molecule has 3 heterocycles. The Morgan fingerprint density at radius 1 is 0.782 bits per heavy atom. The third-order valence-electron chi connectivity index (χ3n) is 8.97. The van der Waals surface area contributed by atoms with Crippen LogP contribution in [0.5, 0.6) is 0 Å². The van der Waals surface area contributed by atoms with E-state index in [9.17, 15) is 22.8 Å². The van der Waals surface area contributed by atoms with Crippen molar-refractivity contribution in [1.29, 1.82) is 0 Å². The van der Waals surface area contributed by atoms with E-state index in [2.05, 4.69) is 44.5 Å². The summed E-state index contributed by atoms with van der Waals surface area (Å²) in [7, 11) is 0. The van der Waals surface area contributed by atoms with Gasteiger partial charge >= 0.3 is 18.4 Å². The molecule has 55 heavy (non-hydrogen) atoms. The van der Waals surface area contributed by atoms with Crippen LogP contribution in [0.3, 0.4) is 0 Å². The number of nitrogens with zero attached hydrogens (tertiary/aromatic N) is 5. The number of nitrogens with two attached hydrogens (primary N) is 1. The molecule has 0 spiro atoms. The Morgan fingerprint density at radius 3 is 1.49 bits per heavy atom. The van der Waals surface area contributed by atoms with Gasteiger partial charge in [-0.15, -0.1) is 12.4 Å². The molecule has 2 amide bonds. The van der Waals surface area contributed by atoms with Gasteiger partial charge < -0.3 is 30.9 Å². The number of aliphatic hydroxyl groups is 1. The van der Waals surface area contributed by atoms with Gasteiger partial charge in [-0.05, 0) is 130 Å². The second-order valence-electron chi connectivity index (χ2n) is 16.4. The number of aryl methyl sites for hydroxylation is 2. The lowest BCUT2D eigenvalue weighted by atomic mass is 9.80. The number of carbonyl (C=O) groups is 2. The SMILES string of the molecule is CC(C)(C)OC(=O)NC1CC(CO)C1.Cc1ccnn1CC1CC(N)C1.Cc1ccnn1CC1CC(NC(=O)OC(C)(C)C)C1.Cl.FC(F)(F)c1ccn[nH]1. The highest BCUT2D eigenvalue weighted by Gasteiger charge is 2.33. The first-order chi connectivity index (χ1) is 25.1. The van der Waals surface area contributed by atoms with Gasteiger partial charge in [0.1, 0.15) is 16.9 Å². The van der Waals surface area contributed by atoms with Crippen LogP contribution in [0.2, 0.25) is 0 Å². The predicted octanol–water partition coefficient (Wildman–Crippen LogP) is 6.56. The Kier molecular flexibility index (Phi) is 18.0. The molecule has 0 aromatic carbocycles. The quantitative estimate of drug-likeness (QED) is 0.176. The van der Waals surface area contributed by atoms with E-state index in [0.717, 1.165) is 57.0 Å². The summed E-state index contributed by atoms with van der Waals surface area (Å²) in [6.45, 7) is 17.5. The number of alkyl halides is 3. The number of amides is 2. The monoisotopic (exact) mass is 803 g/mol. The highest BCUT2D eigenvalue weighted by atomic mass is 35.5. The first-order valence-electron chi connectivity index (χ1n) is 18.5. The molecule has 3 saturated carbocycles. The van der Waals surface area contributed by atoms with Crippen molar-refractivity contribution in [3.05, 3.63) is 53.9 Å². The number of aromatic amines is 1. The van der Waals surface area contributed by atoms with Crippen LogP contribution in [-0.2, 0) is 28.7 Å². The van der Waals surface area contributed by atoms with Crippen molar-refractivity contribution in [2.24, 2.45) is 23.5 Å². The number of hydrogen-bond donors (Lipinski definition) is 5. The summed E-state index contributed by atoms with van der Waals surface area (Å²) in [6, 6.07) is 5.80. The van der Waals surface area contributed by atoms with Gasteiger partial charge in [0.2, 0.25) is 0 Å². The first-order valence-corrected chi connectivity index (χ1v) is 18.5. The number of nitrogens with one attached hydrogen (secondary N) is 3. The minimum Gasteiger partial charge on any atom is -0.444 e. The fourth-order valence-electron chi connectivity index (χ4n) is 5.97. The summed E-state index contributed by atoms with van der Waals surface area (Å²) in [5.41, 5.74) is 6.45. The first kappa shape index (κ1) is 47.3. The van der Waals surface area contributed by atoms with E-state index in [1.54, 1.807) is 5.10 Å². The summed E-state index contributed by atoms with van der Waals surface area (Å²) in [5, 5.41) is 27.9. The maximum absolute atomic E-state index is 11.6. The zero-order valence-electron chi connectivity index (χ0n) is 33.2. The minimum absolute atomic E-state index is 0.